The van der Waals surface area contributed by atoms with Crippen LogP contribution in [0.5, 0.6) is 0 Å². The molecule has 0 unspecified atom stereocenters. The van der Waals surface area contributed by atoms with Crippen LogP contribution in [-0.2, 0) is 6.54 Å². The standard InChI is InChI=1S/C12H8F2N2OS/c13-8-1-2-9-11(10(8)14)16(12(18)15-9)5-7-3-4-17-6-7/h1-4,6H,5H2,(H,15,18). The first kappa shape index (κ1) is 11.2. The Balaban J connectivity index is 2.24. The van der Waals surface area contributed by atoms with E-state index < -0.39 is 11.6 Å². The van der Waals surface area contributed by atoms with Gasteiger partial charge >= 0.3 is 0 Å². The second-order valence-electron chi connectivity index (χ2n) is 3.91. The van der Waals surface area contributed by atoms with E-state index in [4.69, 9.17) is 16.6 Å². The molecule has 2 aromatic heterocycles. The number of halogens is 2. The third-order valence-electron chi connectivity index (χ3n) is 2.75. The first-order chi connectivity index (χ1) is 8.66. The quantitative estimate of drug-likeness (QED) is 0.719. The molecule has 0 aliphatic carbocycles. The molecule has 0 atom stereocenters. The molecule has 0 aliphatic rings. The largest absolute Gasteiger partial charge is 0.472 e. The highest BCUT2D eigenvalue weighted by Gasteiger charge is 2.14. The number of aromatic nitrogens is 2. The smallest absolute Gasteiger partial charge is 0.184 e. The number of benzene rings is 1. The van der Waals surface area contributed by atoms with Gasteiger partial charge in [-0.05, 0) is 30.4 Å². The maximum atomic E-state index is 13.8. The molecular formula is C12H8F2N2OS. The topological polar surface area (TPSA) is 33.9 Å². The fraction of sp³-hybridized carbons (Fsp3) is 0.0833. The van der Waals surface area contributed by atoms with Crippen molar-refractivity contribution < 1.29 is 13.2 Å². The number of imidazole rings is 1. The van der Waals surface area contributed by atoms with Gasteiger partial charge in [-0.25, -0.2) is 8.78 Å². The number of hydrogen-bond acceptors (Lipinski definition) is 2. The number of fused-ring (bicyclic) bond motifs is 1. The lowest BCUT2D eigenvalue weighted by molar-refractivity contribution is 0.512. The Hall–Kier alpha value is -1.95. The van der Waals surface area contributed by atoms with Crippen LogP contribution in [0.1, 0.15) is 5.56 Å². The lowest BCUT2D eigenvalue weighted by Gasteiger charge is -2.03. The molecule has 0 fully saturated rings. The average Bonchev–Trinajstić information content (AvgIpc) is 2.94. The highest BCUT2D eigenvalue weighted by Crippen LogP contribution is 2.21. The second-order valence-corrected chi connectivity index (χ2v) is 4.29. The molecule has 6 heteroatoms. The monoisotopic (exact) mass is 266 g/mol. The van der Waals surface area contributed by atoms with E-state index in [1.807, 2.05) is 0 Å². The maximum absolute atomic E-state index is 13.8. The minimum Gasteiger partial charge on any atom is -0.472 e. The van der Waals surface area contributed by atoms with Crippen LogP contribution in [0.25, 0.3) is 11.0 Å². The molecule has 1 N–H and O–H groups in total. The minimum absolute atomic E-state index is 0.140. The van der Waals surface area contributed by atoms with Crippen molar-refractivity contribution in [2.45, 2.75) is 6.54 Å². The summed E-state index contributed by atoms with van der Waals surface area (Å²) < 4.78 is 33.9. The van der Waals surface area contributed by atoms with Crippen molar-refractivity contribution in [2.24, 2.45) is 0 Å². The van der Waals surface area contributed by atoms with Gasteiger partial charge in [0.25, 0.3) is 0 Å². The molecular weight excluding hydrogens is 258 g/mol. The average molecular weight is 266 g/mol. The van der Waals surface area contributed by atoms with Crippen molar-refractivity contribution in [3.8, 4) is 0 Å². The SMILES string of the molecule is Fc1ccc2[nH]c(=S)n(Cc3ccoc3)c2c1F. The third-order valence-corrected chi connectivity index (χ3v) is 3.07. The zero-order valence-corrected chi connectivity index (χ0v) is 9.93. The Morgan fingerprint density at radius 2 is 2.11 bits per heavy atom. The molecule has 0 spiro atoms. The zero-order valence-electron chi connectivity index (χ0n) is 9.11. The highest BCUT2D eigenvalue weighted by molar-refractivity contribution is 7.71. The van der Waals surface area contributed by atoms with E-state index >= 15 is 0 Å². The van der Waals surface area contributed by atoms with Gasteiger partial charge in [0, 0.05) is 5.56 Å². The molecule has 0 bridgehead atoms. The van der Waals surface area contributed by atoms with Crippen LogP contribution >= 0.6 is 12.2 Å². The first-order valence-electron chi connectivity index (χ1n) is 5.24. The molecule has 0 saturated heterocycles. The summed E-state index contributed by atoms with van der Waals surface area (Å²) in [5.74, 6) is -1.79. The summed E-state index contributed by atoms with van der Waals surface area (Å²) in [6.07, 6.45) is 3.06. The molecule has 0 aliphatic heterocycles. The van der Waals surface area contributed by atoms with Gasteiger partial charge in [-0.3, -0.25) is 0 Å². The molecule has 92 valence electrons. The number of furan rings is 1. The summed E-state index contributed by atoms with van der Waals surface area (Å²) in [6.45, 7) is 0.329. The van der Waals surface area contributed by atoms with Crippen molar-refractivity contribution in [2.75, 3.05) is 0 Å². The van der Waals surface area contributed by atoms with Gasteiger partial charge in [-0.2, -0.15) is 0 Å². The number of nitrogens with zero attached hydrogens (tertiary/aromatic N) is 1. The van der Waals surface area contributed by atoms with Crippen molar-refractivity contribution in [3.63, 3.8) is 0 Å². The molecule has 3 aromatic rings. The van der Waals surface area contributed by atoms with Crippen LogP contribution in [0.2, 0.25) is 0 Å². The van der Waals surface area contributed by atoms with Crippen LogP contribution in [0, 0.1) is 16.4 Å². The van der Waals surface area contributed by atoms with Crippen molar-refractivity contribution in [1.29, 1.82) is 0 Å². The Labute approximate surface area is 106 Å². The fourth-order valence-corrected chi connectivity index (χ4v) is 2.17. The van der Waals surface area contributed by atoms with Crippen LogP contribution in [0.4, 0.5) is 8.78 Å². The van der Waals surface area contributed by atoms with E-state index in [1.54, 1.807) is 6.07 Å². The van der Waals surface area contributed by atoms with Crippen LogP contribution in [0.15, 0.2) is 35.1 Å². The van der Waals surface area contributed by atoms with Crippen molar-refractivity contribution >= 4 is 23.3 Å². The Kier molecular flexibility index (Phi) is 2.52. The molecule has 1 aromatic carbocycles. The Morgan fingerprint density at radius 1 is 1.28 bits per heavy atom. The number of rotatable bonds is 2. The normalized spacial score (nSPS) is 11.2. The minimum atomic E-state index is -0.900. The highest BCUT2D eigenvalue weighted by atomic mass is 32.1. The van der Waals surface area contributed by atoms with Crippen molar-refractivity contribution in [3.05, 3.63) is 52.7 Å². The van der Waals surface area contributed by atoms with E-state index in [0.29, 0.717) is 16.8 Å². The lowest BCUT2D eigenvalue weighted by Crippen LogP contribution is -2.00. The summed E-state index contributed by atoms with van der Waals surface area (Å²) in [7, 11) is 0. The maximum Gasteiger partial charge on any atom is 0.184 e. The molecule has 0 amide bonds. The number of H-pyrrole nitrogens is 1. The van der Waals surface area contributed by atoms with E-state index in [2.05, 4.69) is 4.98 Å². The van der Waals surface area contributed by atoms with Crippen molar-refractivity contribution in [1.82, 2.24) is 9.55 Å². The van der Waals surface area contributed by atoms with E-state index in [0.717, 1.165) is 11.6 Å². The van der Waals surface area contributed by atoms with Gasteiger partial charge in [-0.15, -0.1) is 0 Å². The number of hydrogen-bond donors (Lipinski definition) is 1. The molecule has 0 saturated carbocycles. The second kappa shape index (κ2) is 4.06. The predicted molar refractivity (Wildman–Crippen MR) is 64.8 cm³/mol. The zero-order chi connectivity index (χ0) is 12.7. The first-order valence-corrected chi connectivity index (χ1v) is 5.65. The molecule has 3 rings (SSSR count). The molecule has 18 heavy (non-hydrogen) atoms. The number of nitrogens with one attached hydrogen (secondary N) is 1. The fourth-order valence-electron chi connectivity index (χ4n) is 1.90. The van der Waals surface area contributed by atoms with E-state index in [-0.39, 0.29) is 5.52 Å². The summed E-state index contributed by atoms with van der Waals surface area (Å²) in [4.78, 5) is 2.85. The van der Waals surface area contributed by atoms with Gasteiger partial charge in [-0.1, -0.05) is 0 Å². The lowest BCUT2D eigenvalue weighted by atomic mass is 10.2. The molecule has 0 radical (unpaired) electrons. The third kappa shape index (κ3) is 1.65. The summed E-state index contributed by atoms with van der Waals surface area (Å²) >= 11 is 5.12. The van der Waals surface area contributed by atoms with Gasteiger partial charge in [0.05, 0.1) is 24.6 Å². The predicted octanol–water partition coefficient (Wildman–Crippen LogP) is 3.62. The van der Waals surface area contributed by atoms with E-state index in [9.17, 15) is 8.78 Å². The van der Waals surface area contributed by atoms with Gasteiger partial charge in [0.2, 0.25) is 0 Å². The summed E-state index contributed by atoms with van der Waals surface area (Å²) in [6, 6.07) is 4.29. The van der Waals surface area contributed by atoms with Gasteiger partial charge in [0.15, 0.2) is 16.4 Å². The number of aromatic amines is 1. The Morgan fingerprint density at radius 3 is 2.83 bits per heavy atom. The van der Waals surface area contributed by atoms with Crippen LogP contribution in [0.3, 0.4) is 0 Å². The molecule has 2 heterocycles. The molecule has 3 nitrogen and oxygen atoms in total. The summed E-state index contributed by atoms with van der Waals surface area (Å²) in [5.41, 5.74) is 1.44. The Bertz CT molecular complexity index is 758. The van der Waals surface area contributed by atoms with Gasteiger partial charge < -0.3 is 14.0 Å². The van der Waals surface area contributed by atoms with E-state index in [1.165, 1.54) is 23.2 Å². The summed E-state index contributed by atoms with van der Waals surface area (Å²) in [5, 5.41) is 0. The van der Waals surface area contributed by atoms with Crippen LogP contribution in [-0.4, -0.2) is 9.55 Å². The van der Waals surface area contributed by atoms with Crippen LogP contribution < -0.4 is 0 Å². The van der Waals surface area contributed by atoms with Gasteiger partial charge in [0.1, 0.15) is 5.52 Å².